The molecule has 2 amide bonds. The van der Waals surface area contributed by atoms with Crippen molar-refractivity contribution >= 4 is 45.1 Å². The molecule has 0 spiro atoms. The molecule has 2 aliphatic heterocycles. The molecule has 2 N–H and O–H groups in total. The molecule has 2 aliphatic carbocycles. The largest absolute Gasteiger partial charge is 0.494 e. The van der Waals surface area contributed by atoms with Crippen molar-refractivity contribution in [1.82, 2.24) is 23.9 Å². The number of amides is 2. The molecule has 4 aliphatic rings. The third-order valence-electron chi connectivity index (χ3n) is 10.8. The van der Waals surface area contributed by atoms with Crippen LogP contribution in [0.1, 0.15) is 45.7 Å². The average molecular weight is 635 g/mol. The lowest BCUT2D eigenvalue weighted by atomic mass is 9.99. The molecule has 2 saturated heterocycles. The van der Waals surface area contributed by atoms with Crippen molar-refractivity contribution in [3.8, 4) is 17.3 Å². The van der Waals surface area contributed by atoms with Gasteiger partial charge < -0.3 is 29.4 Å². The zero-order valence-electron chi connectivity index (χ0n) is 26.0. The van der Waals surface area contributed by atoms with Gasteiger partial charge in [0, 0.05) is 67.2 Å². The normalized spacial score (nSPS) is 22.7. The van der Waals surface area contributed by atoms with Crippen LogP contribution in [0.3, 0.4) is 0 Å². The summed E-state index contributed by atoms with van der Waals surface area (Å²) in [4.78, 5) is 36.9. The van der Waals surface area contributed by atoms with E-state index in [2.05, 4.69) is 39.5 Å². The molecule has 5 aromatic rings. The fourth-order valence-electron chi connectivity index (χ4n) is 8.15. The number of imidazole rings is 1. The molecule has 46 heavy (non-hydrogen) atoms. The number of thiophene rings is 1. The van der Waals surface area contributed by atoms with Crippen LogP contribution in [-0.2, 0) is 13.1 Å². The summed E-state index contributed by atoms with van der Waals surface area (Å²) in [6, 6.07) is 18.6. The second-order valence-corrected chi connectivity index (χ2v) is 14.7. The van der Waals surface area contributed by atoms with Crippen LogP contribution in [0.15, 0.2) is 60.0 Å². The second kappa shape index (κ2) is 10.7. The maximum atomic E-state index is 13.9. The van der Waals surface area contributed by atoms with Gasteiger partial charge >= 0.3 is 0 Å². The minimum absolute atomic E-state index is 0.00326. The lowest BCUT2D eigenvalue weighted by Crippen LogP contribution is -2.51. The molecule has 9 nitrogen and oxygen atoms in total. The number of carbonyl (C=O) groups is 2. The first-order valence-corrected chi connectivity index (χ1v) is 17.4. The van der Waals surface area contributed by atoms with Crippen molar-refractivity contribution in [2.45, 2.75) is 50.9 Å². The van der Waals surface area contributed by atoms with E-state index >= 15 is 0 Å². The predicted molar refractivity (Wildman–Crippen MR) is 179 cm³/mol. The topological polar surface area (TPSA) is 98.6 Å². The summed E-state index contributed by atoms with van der Waals surface area (Å²) in [6.07, 6.45) is 4.56. The summed E-state index contributed by atoms with van der Waals surface area (Å²) in [5, 5.41) is 3.14. The summed E-state index contributed by atoms with van der Waals surface area (Å²) in [6.45, 7) is 3.75. The van der Waals surface area contributed by atoms with Crippen molar-refractivity contribution in [1.29, 1.82) is 0 Å². The fraction of sp³-hybridized carbons (Fsp3) is 0.417. The van der Waals surface area contributed by atoms with Gasteiger partial charge in [0.25, 0.3) is 11.8 Å². The molecule has 2 bridgehead atoms. The van der Waals surface area contributed by atoms with Gasteiger partial charge in [-0.15, -0.1) is 11.3 Å². The van der Waals surface area contributed by atoms with E-state index in [4.69, 9.17) is 15.5 Å². The average Bonchev–Trinajstić information content (AvgIpc) is 3.44. The summed E-state index contributed by atoms with van der Waals surface area (Å²) in [5.74, 6) is 2.95. The Balaban J connectivity index is 1.13. The predicted octanol–water partition coefficient (Wildman–Crippen LogP) is 5.47. The smallest absolute Gasteiger partial charge is 0.263 e. The van der Waals surface area contributed by atoms with Crippen LogP contribution < -0.4 is 10.5 Å². The van der Waals surface area contributed by atoms with E-state index in [1.807, 2.05) is 39.4 Å². The number of hydrogen-bond donors (Lipinski definition) is 1. The van der Waals surface area contributed by atoms with Gasteiger partial charge in [-0.1, -0.05) is 24.3 Å². The fourth-order valence-corrected chi connectivity index (χ4v) is 8.84. The highest BCUT2D eigenvalue weighted by Gasteiger charge is 2.47. The second-order valence-electron chi connectivity index (χ2n) is 13.7. The van der Waals surface area contributed by atoms with Crippen molar-refractivity contribution in [3.05, 3.63) is 70.4 Å². The number of rotatable bonds is 8. The summed E-state index contributed by atoms with van der Waals surface area (Å²) in [7, 11) is 1.67. The zero-order chi connectivity index (χ0) is 31.1. The van der Waals surface area contributed by atoms with Crippen LogP contribution in [0.2, 0.25) is 0 Å². The molecule has 0 radical (unpaired) electrons. The van der Waals surface area contributed by atoms with Crippen LogP contribution in [0.5, 0.6) is 5.75 Å². The van der Waals surface area contributed by atoms with E-state index in [1.54, 1.807) is 7.11 Å². The Bertz CT molecular complexity index is 1990. The van der Waals surface area contributed by atoms with Gasteiger partial charge in [0.2, 0.25) is 0 Å². The third-order valence-corrected chi connectivity index (χ3v) is 11.6. The Morgan fingerprint density at radius 2 is 1.76 bits per heavy atom. The maximum absolute atomic E-state index is 13.9. The van der Waals surface area contributed by atoms with Crippen LogP contribution >= 0.6 is 11.3 Å². The van der Waals surface area contributed by atoms with E-state index in [1.165, 1.54) is 35.1 Å². The van der Waals surface area contributed by atoms with Crippen LogP contribution in [0, 0.1) is 17.8 Å². The highest BCUT2D eigenvalue weighted by molar-refractivity contribution is 7.12. The number of piperidine rings is 1. The first kappa shape index (κ1) is 28.1. The molecule has 2 saturated carbocycles. The van der Waals surface area contributed by atoms with Gasteiger partial charge in [0.1, 0.15) is 11.3 Å². The lowest BCUT2D eigenvalue weighted by molar-refractivity contribution is 0.0476. The van der Waals surface area contributed by atoms with Crippen LogP contribution in [0.4, 0.5) is 0 Å². The number of ether oxygens (including phenoxy) is 1. The minimum Gasteiger partial charge on any atom is -0.494 e. The zero-order valence-corrected chi connectivity index (χ0v) is 26.8. The standard InChI is InChI=1S/C36H38N6O3S/c1-45-30-15-25(35(43)41-20-24-10-11-28(41)32(24)37)13-26-33(30)42(19-22-16-39(17-22)36(44)31-7-4-12-46-31)34(38-26)29-14-23-5-2-3-6-27(23)40(29)18-21-8-9-21/h2-7,12-15,21-22,24,28,32H,8-11,16-20,37H2,1H3/t24?,28?,32-/m1/s1. The number of para-hydroxylation sites is 1. The third kappa shape index (κ3) is 4.48. The molecule has 3 aromatic heterocycles. The van der Waals surface area contributed by atoms with Gasteiger partial charge in [-0.25, -0.2) is 4.98 Å². The summed E-state index contributed by atoms with van der Waals surface area (Å²) < 4.78 is 10.7. The van der Waals surface area contributed by atoms with E-state index < -0.39 is 0 Å². The van der Waals surface area contributed by atoms with Gasteiger partial charge in [-0.3, -0.25) is 9.59 Å². The number of aromatic nitrogens is 3. The highest BCUT2D eigenvalue weighted by atomic mass is 32.1. The Morgan fingerprint density at radius 1 is 0.935 bits per heavy atom. The highest BCUT2D eigenvalue weighted by Crippen LogP contribution is 2.41. The van der Waals surface area contributed by atoms with Crippen molar-refractivity contribution in [2.75, 3.05) is 26.7 Å². The molecular weight excluding hydrogens is 597 g/mol. The Labute approximate surface area is 271 Å². The van der Waals surface area contributed by atoms with E-state index in [9.17, 15) is 9.59 Å². The van der Waals surface area contributed by atoms with E-state index in [0.29, 0.717) is 49.3 Å². The number of nitrogens with zero attached hydrogens (tertiary/aromatic N) is 5. The van der Waals surface area contributed by atoms with Gasteiger partial charge in [-0.05, 0) is 73.2 Å². The molecule has 5 heterocycles. The number of methoxy groups -OCH3 is 1. The molecule has 2 aromatic carbocycles. The molecule has 4 fully saturated rings. The van der Waals surface area contributed by atoms with Crippen molar-refractivity contribution in [2.24, 2.45) is 23.5 Å². The first-order chi connectivity index (χ1) is 22.5. The summed E-state index contributed by atoms with van der Waals surface area (Å²) in [5.41, 5.74) is 11.0. The van der Waals surface area contributed by atoms with Crippen LogP contribution in [0.25, 0.3) is 33.5 Å². The van der Waals surface area contributed by atoms with Gasteiger partial charge in [0.15, 0.2) is 5.82 Å². The first-order valence-electron chi connectivity index (χ1n) is 16.5. The molecular formula is C36H38N6O3S. The Kier molecular flexibility index (Phi) is 6.54. The van der Waals surface area contributed by atoms with E-state index in [0.717, 1.165) is 46.8 Å². The number of fused-ring (bicyclic) bond motifs is 4. The lowest BCUT2D eigenvalue weighted by Gasteiger charge is -2.39. The quantitative estimate of drug-likeness (QED) is 0.244. The Morgan fingerprint density at radius 3 is 2.48 bits per heavy atom. The molecule has 3 atom stereocenters. The Hall–Kier alpha value is -4.15. The van der Waals surface area contributed by atoms with Gasteiger partial charge in [0.05, 0.1) is 23.2 Å². The van der Waals surface area contributed by atoms with Gasteiger partial charge in [-0.2, -0.15) is 0 Å². The molecule has 9 rings (SSSR count). The number of likely N-dealkylation sites (tertiary alicyclic amines) is 2. The van der Waals surface area contributed by atoms with E-state index in [-0.39, 0.29) is 29.8 Å². The van der Waals surface area contributed by atoms with Crippen molar-refractivity contribution in [3.63, 3.8) is 0 Å². The number of hydrogen-bond acceptors (Lipinski definition) is 6. The number of carbonyl (C=O) groups excluding carboxylic acids is 2. The monoisotopic (exact) mass is 634 g/mol. The SMILES string of the molecule is COc1cc(C(=O)N2CC3CCC2[C@@H]3N)cc2nc(-c3cc4ccccc4n3CC3CC3)n(CC3CN(C(=O)c4cccs4)C3)c12. The molecule has 10 heteroatoms. The maximum Gasteiger partial charge on any atom is 0.263 e. The number of benzene rings is 2. The van der Waals surface area contributed by atoms with Crippen LogP contribution in [-0.4, -0.2) is 74.6 Å². The summed E-state index contributed by atoms with van der Waals surface area (Å²) >= 11 is 1.49. The minimum atomic E-state index is 0.00326. The molecule has 236 valence electrons. The number of nitrogens with two attached hydrogens (primary N) is 1. The molecule has 2 unspecified atom stereocenters. The van der Waals surface area contributed by atoms with Crippen molar-refractivity contribution < 1.29 is 14.3 Å².